The van der Waals surface area contributed by atoms with Crippen molar-refractivity contribution < 1.29 is 5.21 Å². The molecule has 0 amide bonds. The number of unbranched alkanes of at least 4 members (excludes halogenated alkanes) is 5. The molecule has 0 radical (unpaired) electrons. The minimum absolute atomic E-state index is 0.742. The zero-order valence-corrected chi connectivity index (χ0v) is 8.90. The van der Waals surface area contributed by atoms with Crippen LogP contribution in [0.2, 0.25) is 0 Å². The van der Waals surface area contributed by atoms with Gasteiger partial charge < -0.3 is 5.21 Å². The molecule has 0 bridgehead atoms. The molecule has 0 spiro atoms. The number of hydrogen-bond donors (Lipinski definition) is 2. The molecule has 0 atom stereocenters. The van der Waals surface area contributed by atoms with Crippen molar-refractivity contribution in [2.45, 2.75) is 59.3 Å². The standard InChI is InChI=1S/C8H19NO.C2H6/c1-2-3-4-5-6-7-8-9-10;1-2/h9-10H,2-8H2,1H3;1-2H3. The van der Waals surface area contributed by atoms with Crippen LogP contribution in [-0.2, 0) is 0 Å². The molecule has 12 heavy (non-hydrogen) atoms. The fraction of sp³-hybridized carbons (Fsp3) is 1.00. The van der Waals surface area contributed by atoms with Crippen molar-refractivity contribution in [3.05, 3.63) is 0 Å². The summed E-state index contributed by atoms with van der Waals surface area (Å²) in [4.78, 5) is 0. The molecule has 0 fully saturated rings. The molecule has 0 aromatic carbocycles. The molecule has 76 valence electrons. The lowest BCUT2D eigenvalue weighted by Gasteiger charge is -1.98. The fourth-order valence-corrected chi connectivity index (χ4v) is 0.984. The minimum Gasteiger partial charge on any atom is -0.317 e. The highest BCUT2D eigenvalue weighted by molar-refractivity contribution is 4.43. The van der Waals surface area contributed by atoms with Gasteiger partial charge in [0.2, 0.25) is 0 Å². The van der Waals surface area contributed by atoms with Gasteiger partial charge in [-0.05, 0) is 6.42 Å². The van der Waals surface area contributed by atoms with Gasteiger partial charge >= 0.3 is 0 Å². The van der Waals surface area contributed by atoms with Crippen molar-refractivity contribution in [1.82, 2.24) is 5.48 Å². The first-order valence-corrected chi connectivity index (χ1v) is 5.28. The van der Waals surface area contributed by atoms with Gasteiger partial charge in [-0.2, -0.15) is 0 Å². The average Bonchev–Trinajstić information content (AvgIpc) is 2.15. The maximum atomic E-state index is 8.22. The summed E-state index contributed by atoms with van der Waals surface area (Å²) in [5.74, 6) is 0. The second kappa shape index (κ2) is 17.1. The van der Waals surface area contributed by atoms with E-state index in [0.29, 0.717) is 0 Å². The molecule has 0 unspecified atom stereocenters. The van der Waals surface area contributed by atoms with Crippen LogP contribution in [-0.4, -0.2) is 11.8 Å². The van der Waals surface area contributed by atoms with Crippen molar-refractivity contribution >= 4 is 0 Å². The van der Waals surface area contributed by atoms with E-state index in [9.17, 15) is 0 Å². The van der Waals surface area contributed by atoms with Crippen molar-refractivity contribution in [2.24, 2.45) is 0 Å². The van der Waals surface area contributed by atoms with E-state index in [1.165, 1.54) is 32.1 Å². The Balaban J connectivity index is 0. The summed E-state index contributed by atoms with van der Waals surface area (Å²) in [6, 6.07) is 0. The third kappa shape index (κ3) is 16.5. The van der Waals surface area contributed by atoms with Crippen LogP contribution in [0.15, 0.2) is 0 Å². The van der Waals surface area contributed by atoms with Crippen LogP contribution in [0.5, 0.6) is 0 Å². The second-order valence-corrected chi connectivity index (χ2v) is 2.68. The second-order valence-electron chi connectivity index (χ2n) is 2.68. The smallest absolute Gasteiger partial charge is 0.0207 e. The van der Waals surface area contributed by atoms with Gasteiger partial charge in [0, 0.05) is 6.54 Å². The Morgan fingerprint density at radius 3 is 1.92 bits per heavy atom. The zero-order valence-electron chi connectivity index (χ0n) is 8.90. The number of rotatable bonds is 7. The number of hydrogen-bond acceptors (Lipinski definition) is 2. The molecule has 2 N–H and O–H groups in total. The summed E-state index contributed by atoms with van der Waals surface area (Å²) in [5, 5.41) is 8.22. The van der Waals surface area contributed by atoms with Crippen LogP contribution < -0.4 is 5.48 Å². The number of hydroxylamine groups is 1. The van der Waals surface area contributed by atoms with Crippen molar-refractivity contribution in [1.29, 1.82) is 0 Å². The molecule has 0 aliphatic carbocycles. The van der Waals surface area contributed by atoms with E-state index < -0.39 is 0 Å². The van der Waals surface area contributed by atoms with E-state index in [-0.39, 0.29) is 0 Å². The molecule has 0 heterocycles. The van der Waals surface area contributed by atoms with Gasteiger partial charge in [0.1, 0.15) is 0 Å². The van der Waals surface area contributed by atoms with Gasteiger partial charge in [0.15, 0.2) is 0 Å². The third-order valence-corrected chi connectivity index (χ3v) is 1.64. The molecule has 2 heteroatoms. The Bertz CT molecular complexity index is 49.8. The first-order valence-electron chi connectivity index (χ1n) is 5.28. The summed E-state index contributed by atoms with van der Waals surface area (Å²) < 4.78 is 0. The Labute approximate surface area is 77.3 Å². The molecule has 0 aliphatic rings. The Kier molecular flexibility index (Phi) is 20.6. The fourth-order valence-electron chi connectivity index (χ4n) is 0.984. The minimum atomic E-state index is 0.742. The average molecular weight is 175 g/mol. The largest absolute Gasteiger partial charge is 0.317 e. The first-order chi connectivity index (χ1) is 5.91. The van der Waals surface area contributed by atoms with E-state index in [2.05, 4.69) is 12.4 Å². The van der Waals surface area contributed by atoms with Gasteiger partial charge in [-0.3, -0.25) is 0 Å². The lowest BCUT2D eigenvalue weighted by Crippen LogP contribution is -2.07. The first kappa shape index (κ1) is 14.4. The molecule has 0 rings (SSSR count). The summed E-state index contributed by atoms with van der Waals surface area (Å²) in [5.41, 5.74) is 2.16. The van der Waals surface area contributed by atoms with Gasteiger partial charge in [0.25, 0.3) is 0 Å². The van der Waals surface area contributed by atoms with E-state index in [4.69, 9.17) is 5.21 Å². The van der Waals surface area contributed by atoms with Crippen LogP contribution in [0.25, 0.3) is 0 Å². The molecule has 2 nitrogen and oxygen atoms in total. The number of nitrogens with one attached hydrogen (secondary N) is 1. The van der Waals surface area contributed by atoms with Crippen LogP contribution in [0, 0.1) is 0 Å². The quantitative estimate of drug-likeness (QED) is 0.459. The molecule has 0 saturated heterocycles. The van der Waals surface area contributed by atoms with Crippen LogP contribution in [0.1, 0.15) is 59.3 Å². The van der Waals surface area contributed by atoms with Crippen molar-refractivity contribution in [2.75, 3.05) is 6.54 Å². The molecule has 0 aromatic rings. The summed E-state index contributed by atoms with van der Waals surface area (Å²) in [6.45, 7) is 6.96. The predicted octanol–water partition coefficient (Wildman–Crippen LogP) is 3.35. The SMILES string of the molecule is CC.CCCCCCCCNO. The molecule has 0 aromatic heterocycles. The monoisotopic (exact) mass is 175 g/mol. The van der Waals surface area contributed by atoms with Gasteiger partial charge in [-0.1, -0.05) is 52.9 Å². The Morgan fingerprint density at radius 1 is 0.917 bits per heavy atom. The highest BCUT2D eigenvalue weighted by atomic mass is 16.5. The molecular formula is C10H25NO. The highest BCUT2D eigenvalue weighted by Crippen LogP contribution is 2.03. The van der Waals surface area contributed by atoms with E-state index >= 15 is 0 Å². The predicted molar refractivity (Wildman–Crippen MR) is 54.5 cm³/mol. The lowest BCUT2D eigenvalue weighted by molar-refractivity contribution is 0.164. The topological polar surface area (TPSA) is 32.3 Å². The molecular weight excluding hydrogens is 150 g/mol. The van der Waals surface area contributed by atoms with Gasteiger partial charge in [-0.15, -0.1) is 0 Å². The van der Waals surface area contributed by atoms with Crippen LogP contribution >= 0.6 is 0 Å². The van der Waals surface area contributed by atoms with E-state index in [1.807, 2.05) is 13.8 Å². The van der Waals surface area contributed by atoms with Gasteiger partial charge in [0.05, 0.1) is 0 Å². The van der Waals surface area contributed by atoms with Crippen LogP contribution in [0.3, 0.4) is 0 Å². The summed E-state index contributed by atoms with van der Waals surface area (Å²) in [7, 11) is 0. The van der Waals surface area contributed by atoms with Crippen LogP contribution in [0.4, 0.5) is 0 Å². The maximum absolute atomic E-state index is 8.22. The van der Waals surface area contributed by atoms with E-state index in [1.54, 1.807) is 0 Å². The van der Waals surface area contributed by atoms with E-state index in [0.717, 1.165) is 13.0 Å². The normalized spacial score (nSPS) is 9.00. The molecule has 0 saturated carbocycles. The Hall–Kier alpha value is -0.0800. The summed E-state index contributed by atoms with van der Waals surface area (Å²) >= 11 is 0. The summed E-state index contributed by atoms with van der Waals surface area (Å²) in [6.07, 6.45) is 7.66. The Morgan fingerprint density at radius 2 is 1.42 bits per heavy atom. The van der Waals surface area contributed by atoms with Gasteiger partial charge in [-0.25, -0.2) is 5.48 Å². The maximum Gasteiger partial charge on any atom is 0.0207 e. The lowest BCUT2D eigenvalue weighted by atomic mass is 10.1. The van der Waals surface area contributed by atoms with Crippen molar-refractivity contribution in [3.8, 4) is 0 Å². The zero-order chi connectivity index (χ0) is 9.66. The third-order valence-electron chi connectivity index (χ3n) is 1.64. The highest BCUT2D eigenvalue weighted by Gasteiger charge is 1.87. The van der Waals surface area contributed by atoms with Crippen molar-refractivity contribution in [3.63, 3.8) is 0 Å². The molecule has 0 aliphatic heterocycles.